The maximum atomic E-state index is 10.9. The Morgan fingerprint density at radius 1 is 1.31 bits per heavy atom. The molecule has 76 valence electrons. The standard InChI is InChI=1S/C7H15N3O3/c1-13-3-2-9-7(12)5-10-6(11)4-8/h2-5,8H2,1H3,(H,9,12)(H,10,11). The van der Waals surface area contributed by atoms with Gasteiger partial charge < -0.3 is 21.1 Å². The van der Waals surface area contributed by atoms with E-state index in [-0.39, 0.29) is 24.9 Å². The van der Waals surface area contributed by atoms with Crippen LogP contribution in [0.2, 0.25) is 0 Å². The summed E-state index contributed by atoms with van der Waals surface area (Å²) in [6.07, 6.45) is 0. The number of rotatable bonds is 6. The maximum Gasteiger partial charge on any atom is 0.239 e. The van der Waals surface area contributed by atoms with E-state index in [0.717, 1.165) is 0 Å². The molecule has 6 heteroatoms. The van der Waals surface area contributed by atoms with Crippen LogP contribution in [0.25, 0.3) is 0 Å². The van der Waals surface area contributed by atoms with Crippen LogP contribution in [0, 0.1) is 0 Å². The summed E-state index contributed by atoms with van der Waals surface area (Å²) in [4.78, 5) is 21.5. The van der Waals surface area contributed by atoms with Gasteiger partial charge >= 0.3 is 0 Å². The third-order valence-electron chi connectivity index (χ3n) is 1.26. The van der Waals surface area contributed by atoms with Gasteiger partial charge in [0.25, 0.3) is 0 Å². The Morgan fingerprint density at radius 3 is 2.54 bits per heavy atom. The van der Waals surface area contributed by atoms with Crippen molar-refractivity contribution in [2.75, 3.05) is 33.4 Å². The molecule has 0 radical (unpaired) electrons. The number of hydrogen-bond donors (Lipinski definition) is 3. The predicted octanol–water partition coefficient (Wildman–Crippen LogP) is -2.18. The Morgan fingerprint density at radius 2 is 2.00 bits per heavy atom. The van der Waals surface area contributed by atoms with Crippen molar-refractivity contribution in [3.63, 3.8) is 0 Å². The molecule has 0 saturated heterocycles. The summed E-state index contributed by atoms with van der Waals surface area (Å²) in [5.74, 6) is -0.597. The molecule has 13 heavy (non-hydrogen) atoms. The van der Waals surface area contributed by atoms with Gasteiger partial charge in [-0.2, -0.15) is 0 Å². The first-order chi connectivity index (χ1) is 6.20. The molecular weight excluding hydrogens is 174 g/mol. The number of ether oxygens (including phenoxy) is 1. The zero-order valence-corrected chi connectivity index (χ0v) is 7.63. The van der Waals surface area contributed by atoms with Gasteiger partial charge in [0.15, 0.2) is 0 Å². The Labute approximate surface area is 76.8 Å². The number of amides is 2. The smallest absolute Gasteiger partial charge is 0.239 e. The van der Waals surface area contributed by atoms with Gasteiger partial charge in [0, 0.05) is 13.7 Å². The van der Waals surface area contributed by atoms with Crippen molar-refractivity contribution in [3.8, 4) is 0 Å². The molecule has 2 amide bonds. The Hall–Kier alpha value is -1.14. The van der Waals surface area contributed by atoms with Crippen molar-refractivity contribution in [1.29, 1.82) is 0 Å². The van der Waals surface area contributed by atoms with Crippen LogP contribution >= 0.6 is 0 Å². The Balaban J connectivity index is 3.35. The van der Waals surface area contributed by atoms with E-state index in [1.807, 2.05) is 0 Å². The predicted molar refractivity (Wildman–Crippen MR) is 46.9 cm³/mol. The van der Waals surface area contributed by atoms with Crippen LogP contribution in [0.1, 0.15) is 0 Å². The van der Waals surface area contributed by atoms with Gasteiger partial charge in [-0.3, -0.25) is 9.59 Å². The second-order valence-electron chi connectivity index (χ2n) is 2.32. The van der Waals surface area contributed by atoms with E-state index in [2.05, 4.69) is 10.6 Å². The average molecular weight is 189 g/mol. The van der Waals surface area contributed by atoms with Crippen molar-refractivity contribution in [2.24, 2.45) is 5.73 Å². The molecule has 0 fully saturated rings. The third-order valence-corrected chi connectivity index (χ3v) is 1.26. The molecular formula is C7H15N3O3. The largest absolute Gasteiger partial charge is 0.383 e. The zero-order valence-electron chi connectivity index (χ0n) is 7.63. The molecule has 0 atom stereocenters. The lowest BCUT2D eigenvalue weighted by Gasteiger charge is -2.04. The number of nitrogens with two attached hydrogens (primary N) is 1. The molecule has 0 aliphatic carbocycles. The van der Waals surface area contributed by atoms with Crippen LogP contribution in [0.5, 0.6) is 0 Å². The summed E-state index contributed by atoms with van der Waals surface area (Å²) < 4.78 is 4.72. The summed E-state index contributed by atoms with van der Waals surface area (Å²) in [5, 5.41) is 4.89. The van der Waals surface area contributed by atoms with Crippen molar-refractivity contribution < 1.29 is 14.3 Å². The summed E-state index contributed by atoms with van der Waals surface area (Å²) >= 11 is 0. The minimum atomic E-state index is -0.345. The van der Waals surface area contributed by atoms with Crippen molar-refractivity contribution in [2.45, 2.75) is 0 Å². The summed E-state index contributed by atoms with van der Waals surface area (Å²) in [6, 6.07) is 0. The molecule has 0 aromatic carbocycles. The highest BCUT2D eigenvalue weighted by atomic mass is 16.5. The molecule has 0 aliphatic rings. The number of methoxy groups -OCH3 is 1. The highest BCUT2D eigenvalue weighted by Gasteiger charge is 2.01. The summed E-state index contributed by atoms with van der Waals surface area (Å²) in [7, 11) is 1.54. The van der Waals surface area contributed by atoms with E-state index in [0.29, 0.717) is 13.2 Å². The van der Waals surface area contributed by atoms with E-state index >= 15 is 0 Å². The fourth-order valence-corrected chi connectivity index (χ4v) is 0.606. The van der Waals surface area contributed by atoms with Crippen molar-refractivity contribution in [1.82, 2.24) is 10.6 Å². The van der Waals surface area contributed by atoms with E-state index in [1.165, 1.54) is 0 Å². The van der Waals surface area contributed by atoms with Crippen LogP contribution in [-0.4, -0.2) is 45.2 Å². The second kappa shape index (κ2) is 7.51. The molecule has 0 saturated carbocycles. The summed E-state index contributed by atoms with van der Waals surface area (Å²) in [5.41, 5.74) is 5.02. The van der Waals surface area contributed by atoms with Crippen LogP contribution in [0.3, 0.4) is 0 Å². The van der Waals surface area contributed by atoms with Crippen molar-refractivity contribution >= 4 is 11.8 Å². The normalized spacial score (nSPS) is 9.38. The van der Waals surface area contributed by atoms with Crippen molar-refractivity contribution in [3.05, 3.63) is 0 Å². The van der Waals surface area contributed by atoms with E-state index in [4.69, 9.17) is 10.5 Å². The molecule has 0 aromatic rings. The van der Waals surface area contributed by atoms with Crippen LogP contribution < -0.4 is 16.4 Å². The van der Waals surface area contributed by atoms with Gasteiger partial charge in [0.05, 0.1) is 19.7 Å². The zero-order chi connectivity index (χ0) is 10.1. The number of carbonyl (C=O) groups excluding carboxylic acids is 2. The minimum absolute atomic E-state index is 0.0419. The van der Waals surface area contributed by atoms with Gasteiger partial charge in [-0.25, -0.2) is 0 Å². The highest BCUT2D eigenvalue weighted by Crippen LogP contribution is 1.67. The average Bonchev–Trinajstić information content (AvgIpc) is 2.14. The van der Waals surface area contributed by atoms with Gasteiger partial charge in [0.2, 0.25) is 11.8 Å². The Kier molecular flexibility index (Phi) is 6.85. The fourth-order valence-electron chi connectivity index (χ4n) is 0.606. The van der Waals surface area contributed by atoms with E-state index in [1.54, 1.807) is 7.11 Å². The molecule has 0 spiro atoms. The number of hydrogen-bond acceptors (Lipinski definition) is 4. The second-order valence-corrected chi connectivity index (χ2v) is 2.32. The lowest BCUT2D eigenvalue weighted by Crippen LogP contribution is -2.40. The highest BCUT2D eigenvalue weighted by molar-refractivity contribution is 5.85. The van der Waals surface area contributed by atoms with Gasteiger partial charge in [0.1, 0.15) is 0 Å². The first-order valence-corrected chi connectivity index (χ1v) is 3.93. The molecule has 0 aliphatic heterocycles. The quantitative estimate of drug-likeness (QED) is 0.414. The first kappa shape index (κ1) is 11.9. The number of nitrogens with one attached hydrogen (secondary N) is 2. The minimum Gasteiger partial charge on any atom is -0.383 e. The molecule has 0 heterocycles. The van der Waals surface area contributed by atoms with Crippen LogP contribution in [0.4, 0.5) is 0 Å². The van der Waals surface area contributed by atoms with E-state index < -0.39 is 0 Å². The van der Waals surface area contributed by atoms with Gasteiger partial charge in [-0.05, 0) is 0 Å². The Bertz CT molecular complexity index is 172. The third kappa shape index (κ3) is 7.23. The molecule has 4 N–H and O–H groups in total. The summed E-state index contributed by atoms with van der Waals surface area (Å²) in [6.45, 7) is 0.746. The molecule has 0 aromatic heterocycles. The lowest BCUT2D eigenvalue weighted by atomic mass is 10.5. The molecule has 0 bridgehead atoms. The van der Waals surface area contributed by atoms with Crippen LogP contribution in [0.15, 0.2) is 0 Å². The number of carbonyl (C=O) groups is 2. The molecule has 6 nitrogen and oxygen atoms in total. The monoisotopic (exact) mass is 189 g/mol. The fraction of sp³-hybridized carbons (Fsp3) is 0.714. The van der Waals surface area contributed by atoms with E-state index in [9.17, 15) is 9.59 Å². The lowest BCUT2D eigenvalue weighted by molar-refractivity contribution is -0.125. The van der Waals surface area contributed by atoms with Gasteiger partial charge in [-0.15, -0.1) is 0 Å². The SMILES string of the molecule is COCCNC(=O)CNC(=O)CN. The maximum absolute atomic E-state index is 10.9. The van der Waals surface area contributed by atoms with Gasteiger partial charge in [-0.1, -0.05) is 0 Å². The first-order valence-electron chi connectivity index (χ1n) is 3.93. The molecule has 0 rings (SSSR count). The topological polar surface area (TPSA) is 93.5 Å². The van der Waals surface area contributed by atoms with Crippen LogP contribution in [-0.2, 0) is 14.3 Å². The molecule has 0 unspecified atom stereocenters.